The molecule has 1 amide bonds. The number of aryl methyl sites for hydroxylation is 2. The Kier molecular flexibility index (Phi) is 5.89. The topological polar surface area (TPSA) is 66.6 Å². The quantitative estimate of drug-likeness (QED) is 0.268. The number of phenolic OH excluding ortho intramolecular Hbond substituents is 1. The van der Waals surface area contributed by atoms with Crippen LogP contribution in [0.4, 0.5) is 0 Å². The highest BCUT2D eigenvalue weighted by atomic mass is 79.9. The van der Waals surface area contributed by atoms with Gasteiger partial charge in [0.1, 0.15) is 5.75 Å². The third-order valence-electron chi connectivity index (χ3n) is 5.83. The fourth-order valence-corrected chi connectivity index (χ4v) is 4.42. The largest absolute Gasteiger partial charge is 0.507 e. The van der Waals surface area contributed by atoms with Crippen molar-refractivity contribution in [1.82, 2.24) is 9.99 Å². The Balaban J connectivity index is 1.61. The summed E-state index contributed by atoms with van der Waals surface area (Å²) >= 11 is 3.67. The number of fused-ring (bicyclic) bond motifs is 1. The van der Waals surface area contributed by atoms with E-state index in [1.54, 1.807) is 18.3 Å². The molecule has 1 aromatic heterocycles. The summed E-state index contributed by atoms with van der Waals surface area (Å²) in [5.41, 5.74) is 9.19. The van der Waals surface area contributed by atoms with Crippen LogP contribution in [-0.4, -0.2) is 21.8 Å². The number of carbonyl (C=O) groups excluding carboxylic acids is 1. The Labute approximate surface area is 195 Å². The van der Waals surface area contributed by atoms with Crippen molar-refractivity contribution >= 4 is 38.8 Å². The van der Waals surface area contributed by atoms with Crippen molar-refractivity contribution in [3.05, 3.63) is 92.7 Å². The van der Waals surface area contributed by atoms with Gasteiger partial charge in [-0.25, -0.2) is 5.43 Å². The number of phenols is 1. The molecule has 0 unspecified atom stereocenters. The van der Waals surface area contributed by atoms with Crippen LogP contribution in [0, 0.1) is 27.7 Å². The molecule has 0 fully saturated rings. The first-order chi connectivity index (χ1) is 15.3. The van der Waals surface area contributed by atoms with Crippen LogP contribution >= 0.6 is 15.9 Å². The SMILES string of the molecule is Cc1ccc(-n2c(C)c(Br)c(/C=N\NC(=O)c3cc4ccccc4cc3O)c2C)cc1C. The summed E-state index contributed by atoms with van der Waals surface area (Å²) < 4.78 is 3.08. The number of hydrogen-bond acceptors (Lipinski definition) is 3. The molecule has 5 nitrogen and oxygen atoms in total. The summed E-state index contributed by atoms with van der Waals surface area (Å²) in [6.07, 6.45) is 1.62. The minimum atomic E-state index is -0.469. The van der Waals surface area contributed by atoms with Crippen molar-refractivity contribution in [3.8, 4) is 11.4 Å². The van der Waals surface area contributed by atoms with E-state index in [-0.39, 0.29) is 11.3 Å². The second kappa shape index (κ2) is 8.63. The van der Waals surface area contributed by atoms with Gasteiger partial charge in [0.15, 0.2) is 0 Å². The van der Waals surface area contributed by atoms with Crippen LogP contribution in [-0.2, 0) is 0 Å². The summed E-state index contributed by atoms with van der Waals surface area (Å²) in [5, 5.41) is 16.2. The first kappa shape index (κ1) is 21.8. The van der Waals surface area contributed by atoms with Gasteiger partial charge in [-0.1, -0.05) is 30.3 Å². The molecule has 0 atom stereocenters. The molecule has 0 aliphatic rings. The molecule has 0 aliphatic heterocycles. The average Bonchev–Trinajstić information content (AvgIpc) is 2.98. The monoisotopic (exact) mass is 489 g/mol. The van der Waals surface area contributed by atoms with Crippen molar-refractivity contribution in [1.29, 1.82) is 0 Å². The second-order valence-corrected chi connectivity index (χ2v) is 8.71. The first-order valence-electron chi connectivity index (χ1n) is 10.3. The summed E-state index contributed by atoms with van der Waals surface area (Å²) in [7, 11) is 0. The number of amides is 1. The van der Waals surface area contributed by atoms with E-state index in [1.165, 1.54) is 11.1 Å². The highest BCUT2D eigenvalue weighted by Gasteiger charge is 2.17. The van der Waals surface area contributed by atoms with Crippen molar-refractivity contribution in [2.24, 2.45) is 5.10 Å². The average molecular weight is 490 g/mol. The number of halogens is 1. The lowest BCUT2D eigenvalue weighted by Gasteiger charge is -2.11. The normalized spacial score (nSPS) is 11.4. The number of nitrogens with one attached hydrogen (secondary N) is 1. The van der Waals surface area contributed by atoms with Crippen molar-refractivity contribution < 1.29 is 9.90 Å². The van der Waals surface area contributed by atoms with Crippen LogP contribution in [0.3, 0.4) is 0 Å². The number of nitrogens with zero attached hydrogens (tertiary/aromatic N) is 2. The third kappa shape index (κ3) is 3.94. The minimum absolute atomic E-state index is 0.0782. The molecule has 4 aromatic rings. The molecule has 0 saturated carbocycles. The molecule has 3 aromatic carbocycles. The van der Waals surface area contributed by atoms with E-state index in [9.17, 15) is 9.90 Å². The van der Waals surface area contributed by atoms with E-state index in [1.807, 2.05) is 38.1 Å². The maximum absolute atomic E-state index is 12.6. The summed E-state index contributed by atoms with van der Waals surface area (Å²) in [4.78, 5) is 12.6. The van der Waals surface area contributed by atoms with Crippen molar-refractivity contribution in [2.75, 3.05) is 0 Å². The van der Waals surface area contributed by atoms with E-state index in [4.69, 9.17) is 0 Å². The molecule has 0 bridgehead atoms. The number of aromatic nitrogens is 1. The van der Waals surface area contributed by atoms with Gasteiger partial charge in [0, 0.05) is 27.1 Å². The second-order valence-electron chi connectivity index (χ2n) is 7.92. The highest BCUT2D eigenvalue weighted by molar-refractivity contribution is 9.10. The van der Waals surface area contributed by atoms with Gasteiger partial charge < -0.3 is 9.67 Å². The molecule has 1 heterocycles. The molecule has 4 rings (SSSR count). The minimum Gasteiger partial charge on any atom is -0.507 e. The molecule has 162 valence electrons. The standard InChI is InChI=1S/C26H24BrN3O2/c1-15-9-10-21(11-16(15)2)30-17(3)23(25(27)18(30)4)14-28-29-26(32)22-12-19-7-5-6-8-20(19)13-24(22)31/h5-14,31H,1-4H3,(H,29,32)/b28-14-. The maximum atomic E-state index is 12.6. The number of carbonyl (C=O) groups is 1. The Hall–Kier alpha value is -3.38. The van der Waals surface area contributed by atoms with Gasteiger partial charge in [-0.3, -0.25) is 4.79 Å². The zero-order valence-electron chi connectivity index (χ0n) is 18.4. The summed E-state index contributed by atoms with van der Waals surface area (Å²) in [5.74, 6) is -0.547. The fraction of sp³-hybridized carbons (Fsp3) is 0.154. The lowest BCUT2D eigenvalue weighted by molar-refractivity contribution is 0.0952. The molecule has 0 radical (unpaired) electrons. The van der Waals surface area contributed by atoms with Crippen LogP contribution in [0.5, 0.6) is 5.75 Å². The smallest absolute Gasteiger partial charge is 0.275 e. The third-order valence-corrected chi connectivity index (χ3v) is 6.83. The van der Waals surface area contributed by atoms with Crippen LogP contribution in [0.15, 0.2) is 64.2 Å². The lowest BCUT2D eigenvalue weighted by atomic mass is 10.1. The predicted octanol–water partition coefficient (Wildman–Crippen LogP) is 6.10. The molecule has 2 N–H and O–H groups in total. The first-order valence-corrected chi connectivity index (χ1v) is 11.1. The van der Waals surface area contributed by atoms with Crippen LogP contribution in [0.1, 0.15) is 38.4 Å². The molecule has 0 saturated heterocycles. The van der Waals surface area contributed by atoms with Gasteiger partial charge in [0.2, 0.25) is 0 Å². The van der Waals surface area contributed by atoms with Gasteiger partial charge in [0.05, 0.1) is 11.8 Å². The Morgan fingerprint density at radius 1 is 0.969 bits per heavy atom. The van der Waals surface area contributed by atoms with Gasteiger partial charge in [-0.05, 0) is 89.8 Å². The molecule has 6 heteroatoms. The molecule has 0 spiro atoms. The Morgan fingerprint density at radius 2 is 1.66 bits per heavy atom. The van der Waals surface area contributed by atoms with E-state index < -0.39 is 5.91 Å². The number of benzene rings is 3. The highest BCUT2D eigenvalue weighted by Crippen LogP contribution is 2.30. The number of aromatic hydroxyl groups is 1. The fourth-order valence-electron chi connectivity index (χ4n) is 3.85. The van der Waals surface area contributed by atoms with E-state index >= 15 is 0 Å². The van der Waals surface area contributed by atoms with E-state index in [0.717, 1.165) is 37.9 Å². The van der Waals surface area contributed by atoms with Crippen LogP contribution in [0.2, 0.25) is 0 Å². The van der Waals surface area contributed by atoms with Crippen LogP contribution in [0.25, 0.3) is 16.5 Å². The number of hydrogen-bond donors (Lipinski definition) is 2. The molecular formula is C26H24BrN3O2. The number of hydrazone groups is 1. The molecule has 0 aliphatic carbocycles. The van der Waals surface area contributed by atoms with E-state index in [0.29, 0.717) is 0 Å². The maximum Gasteiger partial charge on any atom is 0.275 e. The van der Waals surface area contributed by atoms with Crippen molar-refractivity contribution in [3.63, 3.8) is 0 Å². The van der Waals surface area contributed by atoms with E-state index in [2.05, 4.69) is 63.1 Å². The lowest BCUT2D eigenvalue weighted by Crippen LogP contribution is -2.17. The summed E-state index contributed by atoms with van der Waals surface area (Å²) in [6.45, 7) is 8.25. The van der Waals surface area contributed by atoms with Gasteiger partial charge >= 0.3 is 0 Å². The predicted molar refractivity (Wildman–Crippen MR) is 133 cm³/mol. The van der Waals surface area contributed by atoms with Gasteiger partial charge in [0.25, 0.3) is 5.91 Å². The molecule has 32 heavy (non-hydrogen) atoms. The van der Waals surface area contributed by atoms with Crippen LogP contribution < -0.4 is 5.43 Å². The van der Waals surface area contributed by atoms with Crippen molar-refractivity contribution in [2.45, 2.75) is 27.7 Å². The van der Waals surface area contributed by atoms with Gasteiger partial charge in [-0.15, -0.1) is 0 Å². The summed E-state index contributed by atoms with van der Waals surface area (Å²) in [6, 6.07) is 17.2. The van der Waals surface area contributed by atoms with Gasteiger partial charge in [-0.2, -0.15) is 5.10 Å². The molecular weight excluding hydrogens is 466 g/mol. The number of rotatable bonds is 4. The Bertz CT molecular complexity index is 1390. The zero-order valence-corrected chi connectivity index (χ0v) is 20.0. The zero-order chi connectivity index (χ0) is 23.0. The Morgan fingerprint density at radius 3 is 2.34 bits per heavy atom.